The molecule has 4 nitrogen and oxygen atoms in total. The first-order valence-electron chi connectivity index (χ1n) is 4.79. The fourth-order valence-corrected chi connectivity index (χ4v) is 1.21. The third kappa shape index (κ3) is 3.51. The second-order valence-electron chi connectivity index (χ2n) is 3.42. The zero-order valence-electron chi connectivity index (χ0n) is 8.68. The first-order chi connectivity index (χ1) is 7.17. The molecule has 0 aliphatic heterocycles. The molecular formula is C11H16O4. The van der Waals surface area contributed by atoms with E-state index in [1.165, 1.54) is 0 Å². The highest BCUT2D eigenvalue weighted by Gasteiger charge is 2.06. The minimum absolute atomic E-state index is 0.0204. The van der Waals surface area contributed by atoms with Gasteiger partial charge in [-0.25, -0.2) is 0 Å². The molecule has 0 amide bonds. The molecule has 0 spiro atoms. The molecule has 84 valence electrons. The Morgan fingerprint density at radius 1 is 1.33 bits per heavy atom. The maximum Gasteiger partial charge on any atom is 0.124 e. The summed E-state index contributed by atoms with van der Waals surface area (Å²) in [7, 11) is 0. The van der Waals surface area contributed by atoms with E-state index >= 15 is 0 Å². The fraction of sp³-hybridized carbons (Fsp3) is 0.455. The molecule has 3 N–H and O–H groups in total. The molecule has 1 rings (SSSR count). The van der Waals surface area contributed by atoms with Crippen molar-refractivity contribution in [3.63, 3.8) is 0 Å². The molecule has 0 aliphatic carbocycles. The number of hydrogen-bond acceptors (Lipinski definition) is 4. The highest BCUT2D eigenvalue weighted by atomic mass is 16.5. The summed E-state index contributed by atoms with van der Waals surface area (Å²) < 4.78 is 5.27. The number of benzene rings is 1. The highest BCUT2D eigenvalue weighted by molar-refractivity contribution is 5.36. The van der Waals surface area contributed by atoms with Gasteiger partial charge in [0.1, 0.15) is 18.5 Å². The lowest BCUT2D eigenvalue weighted by atomic mass is 10.1. The summed E-state index contributed by atoms with van der Waals surface area (Å²) in [5.41, 5.74) is 1.72. The van der Waals surface area contributed by atoms with Crippen LogP contribution in [0.15, 0.2) is 18.2 Å². The normalized spacial score (nSPS) is 12.5. The number of ether oxygens (including phenoxy) is 1. The molecule has 0 saturated carbocycles. The van der Waals surface area contributed by atoms with E-state index in [0.717, 1.165) is 5.56 Å². The molecule has 4 heteroatoms. The van der Waals surface area contributed by atoms with Crippen molar-refractivity contribution in [2.45, 2.75) is 19.6 Å². The van der Waals surface area contributed by atoms with Gasteiger partial charge in [0.25, 0.3) is 0 Å². The Labute approximate surface area is 88.8 Å². The second kappa shape index (κ2) is 5.70. The van der Waals surface area contributed by atoms with E-state index in [0.29, 0.717) is 11.3 Å². The van der Waals surface area contributed by atoms with Crippen molar-refractivity contribution in [2.75, 3.05) is 13.2 Å². The topological polar surface area (TPSA) is 69.9 Å². The fourth-order valence-electron chi connectivity index (χ4n) is 1.21. The zero-order chi connectivity index (χ0) is 11.3. The van der Waals surface area contributed by atoms with Gasteiger partial charge in [0, 0.05) is 5.56 Å². The largest absolute Gasteiger partial charge is 0.490 e. The van der Waals surface area contributed by atoms with Crippen molar-refractivity contribution in [1.82, 2.24) is 0 Å². The monoisotopic (exact) mass is 212 g/mol. The molecule has 1 unspecified atom stereocenters. The molecular weight excluding hydrogens is 196 g/mol. The van der Waals surface area contributed by atoms with Crippen LogP contribution in [-0.2, 0) is 6.61 Å². The van der Waals surface area contributed by atoms with Crippen LogP contribution in [0.2, 0.25) is 0 Å². The Morgan fingerprint density at radius 3 is 2.67 bits per heavy atom. The Hall–Kier alpha value is -1.10. The third-order valence-corrected chi connectivity index (χ3v) is 2.03. The Balaban J connectivity index is 2.67. The van der Waals surface area contributed by atoms with Crippen LogP contribution in [0.5, 0.6) is 5.75 Å². The van der Waals surface area contributed by atoms with Gasteiger partial charge in [0.2, 0.25) is 0 Å². The molecule has 1 aromatic carbocycles. The first-order valence-corrected chi connectivity index (χ1v) is 4.79. The van der Waals surface area contributed by atoms with Crippen LogP contribution in [0.4, 0.5) is 0 Å². The minimum Gasteiger partial charge on any atom is -0.490 e. The van der Waals surface area contributed by atoms with Gasteiger partial charge >= 0.3 is 0 Å². The van der Waals surface area contributed by atoms with Gasteiger partial charge in [-0.2, -0.15) is 0 Å². The van der Waals surface area contributed by atoms with Gasteiger partial charge in [0.15, 0.2) is 0 Å². The Morgan fingerprint density at radius 2 is 2.07 bits per heavy atom. The standard InChI is InChI=1S/C11H16O4/c1-8-2-3-11(9(4-8)5-12)15-7-10(14)6-13/h2-4,10,12-14H,5-7H2,1H3. The van der Waals surface area contributed by atoms with Crippen LogP contribution in [-0.4, -0.2) is 34.6 Å². The molecule has 1 aromatic rings. The van der Waals surface area contributed by atoms with Gasteiger partial charge in [-0.05, 0) is 13.0 Å². The number of aliphatic hydroxyl groups excluding tert-OH is 3. The van der Waals surface area contributed by atoms with Gasteiger partial charge < -0.3 is 20.1 Å². The smallest absolute Gasteiger partial charge is 0.124 e. The van der Waals surface area contributed by atoms with Crippen LogP contribution >= 0.6 is 0 Å². The van der Waals surface area contributed by atoms with Crippen molar-refractivity contribution >= 4 is 0 Å². The molecule has 0 aromatic heterocycles. The van der Waals surface area contributed by atoms with E-state index < -0.39 is 6.10 Å². The summed E-state index contributed by atoms with van der Waals surface area (Å²) in [5, 5.41) is 26.8. The van der Waals surface area contributed by atoms with Gasteiger partial charge in [-0.15, -0.1) is 0 Å². The van der Waals surface area contributed by atoms with Gasteiger partial charge in [0.05, 0.1) is 13.2 Å². The molecule has 0 radical (unpaired) electrons. The zero-order valence-corrected chi connectivity index (χ0v) is 8.68. The SMILES string of the molecule is Cc1ccc(OCC(O)CO)c(CO)c1. The summed E-state index contributed by atoms with van der Waals surface area (Å²) >= 11 is 0. The van der Waals surface area contributed by atoms with Gasteiger partial charge in [-0.3, -0.25) is 0 Å². The van der Waals surface area contributed by atoms with E-state index in [2.05, 4.69) is 0 Å². The third-order valence-electron chi connectivity index (χ3n) is 2.03. The van der Waals surface area contributed by atoms with Crippen LogP contribution in [0, 0.1) is 6.92 Å². The molecule has 0 saturated heterocycles. The van der Waals surface area contributed by atoms with E-state index in [-0.39, 0.29) is 19.8 Å². The van der Waals surface area contributed by atoms with Crippen LogP contribution < -0.4 is 4.74 Å². The van der Waals surface area contributed by atoms with Crippen molar-refractivity contribution in [2.24, 2.45) is 0 Å². The quantitative estimate of drug-likeness (QED) is 0.653. The number of aryl methyl sites for hydroxylation is 1. The molecule has 1 atom stereocenters. The molecule has 0 heterocycles. The summed E-state index contributed by atoms with van der Waals surface area (Å²) in [6.07, 6.45) is -0.891. The lowest BCUT2D eigenvalue weighted by molar-refractivity contribution is 0.0528. The van der Waals surface area contributed by atoms with E-state index in [4.69, 9.17) is 20.1 Å². The lowest BCUT2D eigenvalue weighted by Gasteiger charge is -2.13. The predicted octanol–water partition coefficient (Wildman–Crippen LogP) is 0.219. The van der Waals surface area contributed by atoms with Crippen LogP contribution in [0.1, 0.15) is 11.1 Å². The van der Waals surface area contributed by atoms with Crippen molar-refractivity contribution in [1.29, 1.82) is 0 Å². The summed E-state index contributed by atoms with van der Waals surface area (Å²) in [5.74, 6) is 0.538. The molecule has 0 aliphatic rings. The van der Waals surface area contributed by atoms with Crippen LogP contribution in [0.3, 0.4) is 0 Å². The van der Waals surface area contributed by atoms with Crippen molar-refractivity contribution in [3.8, 4) is 5.75 Å². The number of aliphatic hydroxyl groups is 3. The number of hydrogen-bond donors (Lipinski definition) is 3. The minimum atomic E-state index is -0.891. The van der Waals surface area contributed by atoms with Crippen molar-refractivity contribution < 1.29 is 20.1 Å². The maximum atomic E-state index is 9.10. The summed E-state index contributed by atoms with van der Waals surface area (Å²) in [6, 6.07) is 5.42. The second-order valence-corrected chi connectivity index (χ2v) is 3.42. The molecule has 0 fully saturated rings. The average molecular weight is 212 g/mol. The first kappa shape index (κ1) is 12.0. The highest BCUT2D eigenvalue weighted by Crippen LogP contribution is 2.20. The Kier molecular flexibility index (Phi) is 4.55. The lowest BCUT2D eigenvalue weighted by Crippen LogP contribution is -2.21. The van der Waals surface area contributed by atoms with Gasteiger partial charge in [-0.1, -0.05) is 17.7 Å². The van der Waals surface area contributed by atoms with Crippen molar-refractivity contribution in [3.05, 3.63) is 29.3 Å². The number of rotatable bonds is 5. The summed E-state index contributed by atoms with van der Waals surface area (Å²) in [4.78, 5) is 0. The van der Waals surface area contributed by atoms with E-state index in [1.54, 1.807) is 6.07 Å². The predicted molar refractivity (Wildman–Crippen MR) is 55.7 cm³/mol. The van der Waals surface area contributed by atoms with E-state index in [9.17, 15) is 0 Å². The Bertz CT molecular complexity index is 311. The molecule has 15 heavy (non-hydrogen) atoms. The maximum absolute atomic E-state index is 9.10. The summed E-state index contributed by atoms with van der Waals surface area (Å²) in [6.45, 7) is 1.50. The molecule has 0 bridgehead atoms. The average Bonchev–Trinajstić information content (AvgIpc) is 2.26. The van der Waals surface area contributed by atoms with Crippen LogP contribution in [0.25, 0.3) is 0 Å². The van der Waals surface area contributed by atoms with E-state index in [1.807, 2.05) is 19.1 Å².